The van der Waals surface area contributed by atoms with E-state index >= 15 is 0 Å². The maximum atomic E-state index is 13.6. The van der Waals surface area contributed by atoms with E-state index in [1.807, 2.05) is 6.07 Å². The number of halogens is 1. The van der Waals surface area contributed by atoms with Crippen LogP contribution in [0.4, 0.5) is 10.2 Å². The molecule has 1 amide bonds. The molecule has 0 aromatic carbocycles. The molecule has 1 aromatic heterocycles. The van der Waals surface area contributed by atoms with Crippen molar-refractivity contribution in [2.75, 3.05) is 44.2 Å². The normalized spacial score (nSPS) is 36.9. The molecule has 1 aromatic rings. The van der Waals surface area contributed by atoms with Crippen molar-refractivity contribution < 1.29 is 9.18 Å². The van der Waals surface area contributed by atoms with Crippen LogP contribution in [0.3, 0.4) is 0 Å². The van der Waals surface area contributed by atoms with Crippen LogP contribution in [-0.4, -0.2) is 55.1 Å². The Morgan fingerprint density at radius 2 is 1.74 bits per heavy atom. The number of carbonyl (C=O) groups excluding carboxylic acids is 1. The fourth-order valence-electron chi connectivity index (χ4n) is 8.46. The van der Waals surface area contributed by atoms with Gasteiger partial charge in [0.2, 0.25) is 11.9 Å². The standard InChI is InChI=1S/C28H39FN4O/c1-4-26-16-25(3)17-27(5-2,19-26)21-28(18-25,20-26)24(34)30-10-7-11-32-12-14-33(15-13-32)23-9-6-8-22(29)31-23/h4-6,8-9H,1-2,7,10-21H2,3H3,(H,30,34). The topological polar surface area (TPSA) is 48.5 Å². The molecule has 5 aliphatic rings. The van der Waals surface area contributed by atoms with Crippen molar-refractivity contribution in [3.63, 3.8) is 0 Å². The number of rotatable bonds is 8. The summed E-state index contributed by atoms with van der Waals surface area (Å²) in [5.74, 6) is 0.532. The third-order valence-electron chi connectivity index (χ3n) is 9.09. The number of piperazine rings is 1. The lowest BCUT2D eigenvalue weighted by molar-refractivity contribution is -0.178. The Balaban J connectivity index is 1.12. The summed E-state index contributed by atoms with van der Waals surface area (Å²) in [5.41, 5.74) is 0.0661. The van der Waals surface area contributed by atoms with Crippen LogP contribution < -0.4 is 10.2 Å². The summed E-state index contributed by atoms with van der Waals surface area (Å²) in [5, 5.41) is 3.32. The van der Waals surface area contributed by atoms with E-state index in [4.69, 9.17) is 0 Å². The van der Waals surface area contributed by atoms with Gasteiger partial charge in [0.15, 0.2) is 0 Å². The van der Waals surface area contributed by atoms with Crippen LogP contribution in [0.1, 0.15) is 51.9 Å². The van der Waals surface area contributed by atoms with Crippen LogP contribution in [0.25, 0.3) is 0 Å². The molecule has 0 spiro atoms. The first kappa shape index (κ1) is 23.5. The number of aromatic nitrogens is 1. The number of nitrogens with zero attached hydrogens (tertiary/aromatic N) is 3. The predicted octanol–water partition coefficient (Wildman–Crippen LogP) is 4.57. The molecule has 2 atom stereocenters. The quantitative estimate of drug-likeness (QED) is 0.346. The fourth-order valence-corrected chi connectivity index (χ4v) is 8.46. The second-order valence-electron chi connectivity index (χ2n) is 12.0. The summed E-state index contributed by atoms with van der Waals surface area (Å²) >= 11 is 0. The van der Waals surface area contributed by atoms with Gasteiger partial charge in [0.25, 0.3) is 0 Å². The van der Waals surface area contributed by atoms with Crippen molar-refractivity contribution in [2.24, 2.45) is 21.7 Å². The molecule has 1 saturated heterocycles. The molecular weight excluding hydrogens is 427 g/mol. The molecule has 184 valence electrons. The minimum atomic E-state index is -0.429. The SMILES string of the molecule is C=CC12CC3(C)CC(C=C)(C1)CC(C(=O)NCCCN1CCN(c4cccc(F)n4)CC1)(C3)C2. The Kier molecular flexibility index (Phi) is 5.86. The Bertz CT molecular complexity index is 945. The van der Waals surface area contributed by atoms with Crippen LogP contribution in [0, 0.1) is 27.6 Å². The lowest BCUT2D eigenvalue weighted by atomic mass is 9.35. The number of amides is 1. The highest BCUT2D eigenvalue weighted by Crippen LogP contribution is 2.74. The van der Waals surface area contributed by atoms with Gasteiger partial charge < -0.3 is 10.2 Å². The van der Waals surface area contributed by atoms with Crippen LogP contribution in [0.5, 0.6) is 0 Å². The van der Waals surface area contributed by atoms with Crippen LogP contribution >= 0.6 is 0 Å². The van der Waals surface area contributed by atoms with Crippen molar-refractivity contribution in [2.45, 2.75) is 51.9 Å². The molecule has 6 heteroatoms. The van der Waals surface area contributed by atoms with Crippen molar-refractivity contribution in [3.8, 4) is 0 Å². The molecule has 4 saturated carbocycles. The second-order valence-corrected chi connectivity index (χ2v) is 12.0. The Morgan fingerprint density at radius 1 is 1.06 bits per heavy atom. The summed E-state index contributed by atoms with van der Waals surface area (Å²) < 4.78 is 13.4. The summed E-state index contributed by atoms with van der Waals surface area (Å²) in [6.45, 7) is 16.0. The van der Waals surface area contributed by atoms with Gasteiger partial charge in [0.05, 0.1) is 5.41 Å². The van der Waals surface area contributed by atoms with Gasteiger partial charge in [-0.25, -0.2) is 4.98 Å². The summed E-state index contributed by atoms with van der Waals surface area (Å²) in [7, 11) is 0. The molecule has 2 unspecified atom stereocenters. The van der Waals surface area contributed by atoms with Gasteiger partial charge in [-0.15, -0.1) is 13.2 Å². The molecule has 34 heavy (non-hydrogen) atoms. The largest absolute Gasteiger partial charge is 0.356 e. The first-order chi connectivity index (χ1) is 16.2. The zero-order chi connectivity index (χ0) is 24.0. The fraction of sp³-hybridized carbons (Fsp3) is 0.643. The van der Waals surface area contributed by atoms with Gasteiger partial charge in [0, 0.05) is 32.7 Å². The average molecular weight is 467 g/mol. The average Bonchev–Trinajstić information content (AvgIpc) is 2.80. The predicted molar refractivity (Wildman–Crippen MR) is 134 cm³/mol. The summed E-state index contributed by atoms with van der Waals surface area (Å²) in [6.07, 6.45) is 11.5. The molecule has 4 aliphatic carbocycles. The van der Waals surface area contributed by atoms with Gasteiger partial charge in [-0.2, -0.15) is 4.39 Å². The smallest absolute Gasteiger partial charge is 0.226 e. The van der Waals surface area contributed by atoms with Gasteiger partial charge in [-0.3, -0.25) is 9.69 Å². The second kappa shape index (κ2) is 8.47. The van der Waals surface area contributed by atoms with Gasteiger partial charge >= 0.3 is 0 Å². The zero-order valence-electron chi connectivity index (χ0n) is 20.6. The molecule has 5 fully saturated rings. The minimum Gasteiger partial charge on any atom is -0.356 e. The summed E-state index contributed by atoms with van der Waals surface area (Å²) in [6, 6.07) is 4.96. The molecule has 6 rings (SSSR count). The van der Waals surface area contributed by atoms with Gasteiger partial charge in [0.1, 0.15) is 5.82 Å². The molecule has 1 N–H and O–H groups in total. The van der Waals surface area contributed by atoms with E-state index in [0.29, 0.717) is 12.4 Å². The zero-order valence-corrected chi connectivity index (χ0v) is 20.6. The van der Waals surface area contributed by atoms with E-state index in [1.54, 1.807) is 6.07 Å². The first-order valence-electron chi connectivity index (χ1n) is 12.9. The maximum Gasteiger partial charge on any atom is 0.226 e. The monoisotopic (exact) mass is 466 g/mol. The Morgan fingerprint density at radius 3 is 2.35 bits per heavy atom. The van der Waals surface area contributed by atoms with Crippen LogP contribution in [0.2, 0.25) is 0 Å². The first-order valence-corrected chi connectivity index (χ1v) is 12.9. The third kappa shape index (κ3) is 4.19. The molecular formula is C28H39FN4O. The highest BCUT2D eigenvalue weighted by Gasteiger charge is 2.67. The van der Waals surface area contributed by atoms with E-state index in [9.17, 15) is 9.18 Å². The number of hydrogen-bond acceptors (Lipinski definition) is 4. The molecule has 4 bridgehead atoms. The molecule has 2 heterocycles. The van der Waals surface area contributed by atoms with Gasteiger partial charge in [-0.05, 0) is 79.9 Å². The van der Waals surface area contributed by atoms with Crippen molar-refractivity contribution in [3.05, 3.63) is 49.5 Å². The van der Waals surface area contributed by atoms with Crippen molar-refractivity contribution in [1.29, 1.82) is 0 Å². The summed E-state index contributed by atoms with van der Waals surface area (Å²) in [4.78, 5) is 22.2. The van der Waals surface area contributed by atoms with E-state index in [0.717, 1.165) is 77.7 Å². The highest BCUT2D eigenvalue weighted by molar-refractivity contribution is 5.83. The van der Waals surface area contributed by atoms with Crippen LogP contribution in [0.15, 0.2) is 43.5 Å². The number of allylic oxidation sites excluding steroid dienone is 2. The number of anilines is 1. The van der Waals surface area contributed by atoms with E-state index < -0.39 is 5.95 Å². The highest BCUT2D eigenvalue weighted by atomic mass is 19.1. The number of hydrogen-bond donors (Lipinski definition) is 1. The lowest BCUT2D eigenvalue weighted by Crippen LogP contribution is -2.63. The minimum absolute atomic E-state index is 0.0746. The maximum absolute atomic E-state index is 13.6. The van der Waals surface area contributed by atoms with Crippen molar-refractivity contribution >= 4 is 11.7 Å². The Hall–Kier alpha value is -2.21. The number of carbonyl (C=O) groups is 1. The Labute approximate surface area is 203 Å². The number of nitrogens with one attached hydrogen (secondary N) is 1. The van der Waals surface area contributed by atoms with Crippen LogP contribution in [-0.2, 0) is 4.79 Å². The molecule has 5 nitrogen and oxygen atoms in total. The molecule has 1 aliphatic heterocycles. The lowest BCUT2D eigenvalue weighted by Gasteiger charge is -2.68. The van der Waals surface area contributed by atoms with Crippen molar-refractivity contribution in [1.82, 2.24) is 15.2 Å². The molecule has 0 radical (unpaired) electrons. The van der Waals surface area contributed by atoms with E-state index in [1.165, 1.54) is 6.07 Å². The number of pyridine rings is 1. The van der Waals surface area contributed by atoms with Gasteiger partial charge in [-0.1, -0.05) is 25.1 Å². The van der Waals surface area contributed by atoms with E-state index in [2.05, 4.69) is 52.3 Å². The van der Waals surface area contributed by atoms with E-state index in [-0.39, 0.29) is 27.6 Å². The third-order valence-corrected chi connectivity index (χ3v) is 9.09.